The number of aliphatic hydroxyl groups excluding tert-OH is 1. The third-order valence-corrected chi connectivity index (χ3v) is 4.36. The number of Topliss-reactive ketones (excluding diaryl/α,β-unsaturated/α-hetero) is 4. The first-order valence-electron chi connectivity index (χ1n) is 7.72. The van der Waals surface area contributed by atoms with Gasteiger partial charge in [0, 0.05) is 6.42 Å². The Balaban J connectivity index is 6.39. The first kappa shape index (κ1) is 22.5. The van der Waals surface area contributed by atoms with Gasteiger partial charge < -0.3 is 20.4 Å². The fourth-order valence-electron chi connectivity index (χ4n) is 2.70. The lowest BCUT2D eigenvalue weighted by Crippen LogP contribution is -2.79. The van der Waals surface area contributed by atoms with E-state index < -0.39 is 46.5 Å². The first-order valence-corrected chi connectivity index (χ1v) is 7.72. The zero-order chi connectivity index (χ0) is 19.3. The number of aliphatic hydroxyl groups is 4. The van der Waals surface area contributed by atoms with Gasteiger partial charge in [0.1, 0.15) is 0 Å². The highest BCUT2D eigenvalue weighted by atomic mass is 16.4. The molecule has 0 spiro atoms. The number of rotatable bonds is 11. The summed E-state index contributed by atoms with van der Waals surface area (Å²) >= 11 is 0. The van der Waals surface area contributed by atoms with Crippen LogP contribution in [-0.4, -0.2) is 67.0 Å². The Labute approximate surface area is 140 Å². The van der Waals surface area contributed by atoms with Crippen molar-refractivity contribution in [2.45, 2.75) is 70.2 Å². The van der Waals surface area contributed by atoms with E-state index in [1.165, 1.54) is 0 Å². The van der Waals surface area contributed by atoms with E-state index in [0.29, 0.717) is 13.3 Å². The molecule has 8 heteroatoms. The van der Waals surface area contributed by atoms with Gasteiger partial charge in [0.2, 0.25) is 11.2 Å². The maximum atomic E-state index is 12.4. The standard InChI is InChI=1S/C16H26O8/c1-5-6-7-8-13(21)15(23,11(3)19)16(24,12(4)20)14(22,9-17)10(2)18/h17,22-24H,5-9H2,1-4H3/t14-,15-,16-/m0/s1. The molecule has 0 aromatic heterocycles. The number of unbranched alkanes of at least 4 members (excludes halogenated alkanes) is 2. The van der Waals surface area contributed by atoms with Crippen LogP contribution in [0.2, 0.25) is 0 Å². The fourth-order valence-corrected chi connectivity index (χ4v) is 2.70. The average molecular weight is 346 g/mol. The van der Waals surface area contributed by atoms with Crippen molar-refractivity contribution in [3.8, 4) is 0 Å². The van der Waals surface area contributed by atoms with Crippen molar-refractivity contribution in [2.24, 2.45) is 0 Å². The van der Waals surface area contributed by atoms with Crippen molar-refractivity contribution < 1.29 is 39.6 Å². The number of ketones is 4. The summed E-state index contributed by atoms with van der Waals surface area (Å²) in [5.41, 5.74) is -10.1. The van der Waals surface area contributed by atoms with Crippen LogP contribution in [0.1, 0.15) is 53.4 Å². The Morgan fingerprint density at radius 1 is 0.833 bits per heavy atom. The molecule has 0 rings (SSSR count). The van der Waals surface area contributed by atoms with Crippen LogP contribution in [0.4, 0.5) is 0 Å². The molecule has 0 aliphatic heterocycles. The number of carbonyl (C=O) groups excluding carboxylic acids is 4. The molecule has 4 N–H and O–H groups in total. The van der Waals surface area contributed by atoms with E-state index in [1.54, 1.807) is 0 Å². The summed E-state index contributed by atoms with van der Waals surface area (Å²) in [6.07, 6.45) is 1.25. The Morgan fingerprint density at radius 3 is 1.62 bits per heavy atom. The van der Waals surface area contributed by atoms with Crippen LogP contribution in [0.15, 0.2) is 0 Å². The quantitative estimate of drug-likeness (QED) is 0.277. The van der Waals surface area contributed by atoms with Gasteiger partial charge in [-0.25, -0.2) is 0 Å². The normalized spacial score (nSPS) is 18.8. The van der Waals surface area contributed by atoms with E-state index in [9.17, 15) is 39.6 Å². The summed E-state index contributed by atoms with van der Waals surface area (Å²) in [6.45, 7) is 2.61. The largest absolute Gasteiger partial charge is 0.393 e. The van der Waals surface area contributed by atoms with Gasteiger partial charge >= 0.3 is 0 Å². The Kier molecular flexibility index (Phi) is 7.57. The van der Waals surface area contributed by atoms with Gasteiger partial charge in [0.15, 0.2) is 28.7 Å². The lowest BCUT2D eigenvalue weighted by Gasteiger charge is -2.46. The summed E-state index contributed by atoms with van der Waals surface area (Å²) in [5, 5.41) is 41.1. The summed E-state index contributed by atoms with van der Waals surface area (Å²) in [5.74, 6) is -5.18. The third kappa shape index (κ3) is 3.32. The van der Waals surface area contributed by atoms with Gasteiger partial charge in [-0.05, 0) is 27.2 Å². The summed E-state index contributed by atoms with van der Waals surface area (Å²) < 4.78 is 0. The molecule has 0 unspecified atom stereocenters. The lowest BCUT2D eigenvalue weighted by molar-refractivity contribution is -0.232. The SMILES string of the molecule is CCCCCC(=O)[C@@](O)(C(C)=O)[C@](O)(C(C)=O)[C@](O)(CO)C(C)=O. The molecule has 3 atom stereocenters. The molecule has 0 aromatic rings. The van der Waals surface area contributed by atoms with Gasteiger partial charge in [-0.3, -0.25) is 19.2 Å². The first-order chi connectivity index (χ1) is 10.9. The molecule has 0 fully saturated rings. The maximum absolute atomic E-state index is 12.4. The summed E-state index contributed by atoms with van der Waals surface area (Å²) in [4.78, 5) is 48.2. The van der Waals surface area contributed by atoms with Crippen LogP contribution in [-0.2, 0) is 19.2 Å². The van der Waals surface area contributed by atoms with Crippen molar-refractivity contribution in [3.05, 3.63) is 0 Å². The molecule has 0 amide bonds. The second kappa shape index (κ2) is 8.06. The molecular formula is C16H26O8. The molecule has 0 saturated carbocycles. The lowest BCUT2D eigenvalue weighted by atomic mass is 9.63. The van der Waals surface area contributed by atoms with E-state index in [1.807, 2.05) is 6.92 Å². The Hall–Kier alpha value is -1.48. The molecule has 0 aliphatic rings. The van der Waals surface area contributed by atoms with Gasteiger partial charge in [-0.2, -0.15) is 0 Å². The fraction of sp³-hybridized carbons (Fsp3) is 0.750. The molecule has 0 saturated heterocycles. The minimum absolute atomic E-state index is 0.274. The highest BCUT2D eigenvalue weighted by Crippen LogP contribution is 2.37. The number of hydrogen-bond acceptors (Lipinski definition) is 8. The van der Waals surface area contributed by atoms with Gasteiger partial charge in [-0.15, -0.1) is 0 Å². The zero-order valence-electron chi connectivity index (χ0n) is 14.5. The molecule has 0 radical (unpaired) electrons. The summed E-state index contributed by atoms with van der Waals surface area (Å²) in [7, 11) is 0. The highest BCUT2D eigenvalue weighted by Gasteiger charge is 2.71. The minimum atomic E-state index is -3.50. The second-order valence-corrected chi connectivity index (χ2v) is 5.99. The smallest absolute Gasteiger partial charge is 0.220 e. The Morgan fingerprint density at radius 2 is 1.33 bits per heavy atom. The predicted octanol–water partition coefficient (Wildman–Crippen LogP) is -0.912. The highest BCUT2D eigenvalue weighted by molar-refractivity contribution is 6.17. The van der Waals surface area contributed by atoms with Gasteiger partial charge in [-0.1, -0.05) is 19.8 Å². The van der Waals surface area contributed by atoms with E-state index in [0.717, 1.165) is 20.3 Å². The summed E-state index contributed by atoms with van der Waals surface area (Å²) in [6, 6.07) is 0. The van der Waals surface area contributed by atoms with Crippen molar-refractivity contribution in [2.75, 3.05) is 6.61 Å². The van der Waals surface area contributed by atoms with E-state index in [-0.39, 0.29) is 12.8 Å². The molecule has 0 heterocycles. The van der Waals surface area contributed by atoms with Crippen LogP contribution in [0.25, 0.3) is 0 Å². The van der Waals surface area contributed by atoms with E-state index in [4.69, 9.17) is 0 Å². The number of carbonyl (C=O) groups is 4. The Bertz CT molecular complexity index is 528. The van der Waals surface area contributed by atoms with Crippen LogP contribution < -0.4 is 0 Å². The van der Waals surface area contributed by atoms with Crippen LogP contribution in [0, 0.1) is 0 Å². The molecule has 0 bridgehead atoms. The molecule has 0 aromatic carbocycles. The van der Waals surface area contributed by atoms with Crippen LogP contribution >= 0.6 is 0 Å². The van der Waals surface area contributed by atoms with E-state index >= 15 is 0 Å². The minimum Gasteiger partial charge on any atom is -0.393 e. The van der Waals surface area contributed by atoms with Gasteiger partial charge in [0.25, 0.3) is 0 Å². The zero-order valence-corrected chi connectivity index (χ0v) is 14.5. The molecular weight excluding hydrogens is 320 g/mol. The molecule has 24 heavy (non-hydrogen) atoms. The third-order valence-electron chi connectivity index (χ3n) is 4.36. The topological polar surface area (TPSA) is 149 Å². The molecule has 138 valence electrons. The maximum Gasteiger partial charge on any atom is 0.220 e. The molecule has 8 nitrogen and oxygen atoms in total. The van der Waals surface area contributed by atoms with Crippen LogP contribution in [0.3, 0.4) is 0 Å². The monoisotopic (exact) mass is 346 g/mol. The second-order valence-electron chi connectivity index (χ2n) is 5.99. The predicted molar refractivity (Wildman–Crippen MR) is 83.1 cm³/mol. The van der Waals surface area contributed by atoms with Gasteiger partial charge in [0.05, 0.1) is 6.61 Å². The van der Waals surface area contributed by atoms with E-state index in [2.05, 4.69) is 0 Å². The average Bonchev–Trinajstić information content (AvgIpc) is 2.51. The van der Waals surface area contributed by atoms with Crippen molar-refractivity contribution in [3.63, 3.8) is 0 Å². The van der Waals surface area contributed by atoms with Crippen molar-refractivity contribution in [1.29, 1.82) is 0 Å². The van der Waals surface area contributed by atoms with Crippen LogP contribution in [0.5, 0.6) is 0 Å². The van der Waals surface area contributed by atoms with Crippen molar-refractivity contribution in [1.82, 2.24) is 0 Å². The number of hydrogen-bond donors (Lipinski definition) is 4. The van der Waals surface area contributed by atoms with Crippen molar-refractivity contribution >= 4 is 23.1 Å². The molecule has 0 aliphatic carbocycles.